The minimum absolute atomic E-state index is 0.0357. The molecule has 118 valence electrons. The Hall–Kier alpha value is -2.12. The molecule has 2 N–H and O–H groups in total. The lowest BCUT2D eigenvalue weighted by atomic mass is 9.95. The molecule has 1 fully saturated rings. The third-order valence-electron chi connectivity index (χ3n) is 3.68. The maximum Gasteiger partial charge on any atom is 0.341 e. The Bertz CT molecular complexity index is 713. The first-order valence-corrected chi connectivity index (χ1v) is 6.99. The molecule has 0 bridgehead atoms. The second kappa shape index (κ2) is 5.26. The third-order valence-corrected chi connectivity index (χ3v) is 3.68. The molecule has 0 aromatic carbocycles. The second-order valence-electron chi connectivity index (χ2n) is 6.16. The average Bonchev–Trinajstić information content (AvgIpc) is 2.97. The molecule has 0 atom stereocenters. The van der Waals surface area contributed by atoms with Crippen molar-refractivity contribution in [3.05, 3.63) is 29.7 Å². The highest BCUT2D eigenvalue weighted by Crippen LogP contribution is 2.34. The molecule has 7 heteroatoms. The van der Waals surface area contributed by atoms with Crippen LogP contribution in [-0.4, -0.2) is 35.7 Å². The van der Waals surface area contributed by atoms with E-state index in [0.29, 0.717) is 18.8 Å². The molecule has 1 aliphatic rings. The highest BCUT2D eigenvalue weighted by atomic mass is 16.7. The van der Waals surface area contributed by atoms with Crippen molar-refractivity contribution in [2.24, 2.45) is 5.41 Å². The number of hydrogen-bond donors (Lipinski definition) is 1. The Morgan fingerprint density at radius 1 is 1.45 bits per heavy atom. The number of esters is 1. The first kappa shape index (κ1) is 14.8. The number of aromatic nitrogens is 2. The van der Waals surface area contributed by atoms with Gasteiger partial charge in [-0.1, -0.05) is 13.8 Å². The molecule has 2 aromatic rings. The minimum atomic E-state index is -0.559. The van der Waals surface area contributed by atoms with Gasteiger partial charge < -0.3 is 19.9 Å². The average molecular weight is 305 g/mol. The summed E-state index contributed by atoms with van der Waals surface area (Å²) in [7, 11) is 1.32. The lowest BCUT2D eigenvalue weighted by Crippen LogP contribution is -2.34. The molecule has 0 unspecified atom stereocenters. The SMILES string of the molecule is COC(=O)c1cc(C2OCC(C)(C)CO2)c2cncn2c1N. The van der Waals surface area contributed by atoms with E-state index in [-0.39, 0.29) is 16.8 Å². The van der Waals surface area contributed by atoms with Gasteiger partial charge in [0.25, 0.3) is 0 Å². The van der Waals surface area contributed by atoms with Gasteiger partial charge in [-0.15, -0.1) is 0 Å². The molecule has 7 nitrogen and oxygen atoms in total. The van der Waals surface area contributed by atoms with E-state index in [1.807, 2.05) is 0 Å². The van der Waals surface area contributed by atoms with Crippen LogP contribution in [0.1, 0.15) is 36.1 Å². The van der Waals surface area contributed by atoms with Gasteiger partial charge in [0, 0.05) is 11.0 Å². The zero-order valence-corrected chi connectivity index (χ0v) is 12.8. The van der Waals surface area contributed by atoms with Crippen LogP contribution in [0.25, 0.3) is 5.52 Å². The van der Waals surface area contributed by atoms with E-state index in [9.17, 15) is 4.79 Å². The normalized spacial score (nSPS) is 18.5. The smallest absolute Gasteiger partial charge is 0.341 e. The van der Waals surface area contributed by atoms with Gasteiger partial charge in [-0.2, -0.15) is 0 Å². The topological polar surface area (TPSA) is 88.1 Å². The summed E-state index contributed by atoms with van der Waals surface area (Å²) in [6.07, 6.45) is 2.66. The summed E-state index contributed by atoms with van der Waals surface area (Å²) in [4.78, 5) is 16.0. The number of pyridine rings is 1. The molecule has 1 saturated heterocycles. The van der Waals surface area contributed by atoms with Gasteiger partial charge in [0.15, 0.2) is 6.29 Å². The van der Waals surface area contributed by atoms with E-state index in [2.05, 4.69) is 18.8 Å². The number of imidazole rings is 1. The summed E-state index contributed by atoms with van der Waals surface area (Å²) < 4.78 is 18.0. The zero-order chi connectivity index (χ0) is 15.9. The summed E-state index contributed by atoms with van der Waals surface area (Å²) in [6.45, 7) is 5.27. The Balaban J connectivity index is 2.07. The van der Waals surface area contributed by atoms with E-state index in [0.717, 1.165) is 5.52 Å². The number of methoxy groups -OCH3 is 1. The van der Waals surface area contributed by atoms with Crippen LogP contribution in [-0.2, 0) is 14.2 Å². The molecule has 1 aliphatic heterocycles. The number of anilines is 1. The second-order valence-corrected chi connectivity index (χ2v) is 6.16. The van der Waals surface area contributed by atoms with Crippen molar-refractivity contribution in [2.45, 2.75) is 20.1 Å². The molecule has 0 aliphatic carbocycles. The fourth-order valence-electron chi connectivity index (χ4n) is 2.47. The standard InChI is InChI=1S/C15H19N3O4/c1-15(2)6-21-14(22-7-15)9-4-10(13(19)20-3)12(16)18-8-17-5-11(9)18/h4-5,8,14H,6-7,16H2,1-3H3. The van der Waals surface area contributed by atoms with E-state index in [1.165, 1.54) is 7.11 Å². The molecule has 2 aromatic heterocycles. The lowest BCUT2D eigenvalue weighted by Gasteiger charge is -2.35. The van der Waals surface area contributed by atoms with Crippen LogP contribution < -0.4 is 5.73 Å². The maximum atomic E-state index is 11.9. The van der Waals surface area contributed by atoms with E-state index >= 15 is 0 Å². The molecular formula is C15H19N3O4. The number of carbonyl (C=O) groups excluding carboxylic acids is 1. The van der Waals surface area contributed by atoms with Gasteiger partial charge in [0.1, 0.15) is 17.7 Å². The van der Waals surface area contributed by atoms with Crippen molar-refractivity contribution in [3.63, 3.8) is 0 Å². The maximum absolute atomic E-state index is 11.9. The molecule has 3 heterocycles. The van der Waals surface area contributed by atoms with Gasteiger partial charge >= 0.3 is 5.97 Å². The first-order chi connectivity index (χ1) is 10.4. The predicted molar refractivity (Wildman–Crippen MR) is 79.4 cm³/mol. The first-order valence-electron chi connectivity index (χ1n) is 6.99. The lowest BCUT2D eigenvalue weighted by molar-refractivity contribution is -0.225. The molecule has 0 radical (unpaired) electrons. The quantitative estimate of drug-likeness (QED) is 0.851. The van der Waals surface area contributed by atoms with Crippen LogP contribution >= 0.6 is 0 Å². The van der Waals surface area contributed by atoms with Crippen LogP contribution in [0.4, 0.5) is 5.82 Å². The number of nitrogens with zero attached hydrogens (tertiary/aromatic N) is 2. The van der Waals surface area contributed by atoms with Crippen molar-refractivity contribution in [2.75, 3.05) is 26.1 Å². The highest BCUT2D eigenvalue weighted by molar-refractivity contribution is 5.95. The summed E-state index contributed by atoms with van der Waals surface area (Å²) in [5.41, 5.74) is 7.71. The number of carbonyl (C=O) groups is 1. The van der Waals surface area contributed by atoms with Crippen molar-refractivity contribution in [3.8, 4) is 0 Å². The van der Waals surface area contributed by atoms with Crippen LogP contribution in [0.5, 0.6) is 0 Å². The van der Waals surface area contributed by atoms with E-state index in [1.54, 1.807) is 23.0 Å². The van der Waals surface area contributed by atoms with Crippen molar-refractivity contribution < 1.29 is 19.0 Å². The molecule has 0 amide bonds. The number of nitrogen functional groups attached to an aromatic ring is 1. The van der Waals surface area contributed by atoms with Gasteiger partial charge in [-0.05, 0) is 6.07 Å². The molecule has 3 rings (SSSR count). The molecule has 0 saturated carbocycles. The molecular weight excluding hydrogens is 286 g/mol. The number of rotatable bonds is 2. The third kappa shape index (κ3) is 2.42. The van der Waals surface area contributed by atoms with Crippen LogP contribution in [0.2, 0.25) is 0 Å². The largest absolute Gasteiger partial charge is 0.465 e. The summed E-state index contributed by atoms with van der Waals surface area (Å²) in [5.74, 6) is -0.232. The number of fused-ring (bicyclic) bond motifs is 1. The molecule has 0 spiro atoms. The van der Waals surface area contributed by atoms with E-state index in [4.69, 9.17) is 19.9 Å². The highest BCUT2D eigenvalue weighted by Gasteiger charge is 2.31. The Kier molecular flexibility index (Phi) is 3.54. The Morgan fingerprint density at radius 3 is 2.77 bits per heavy atom. The van der Waals surface area contributed by atoms with Crippen LogP contribution in [0.3, 0.4) is 0 Å². The monoisotopic (exact) mass is 305 g/mol. The summed E-state index contributed by atoms with van der Waals surface area (Å²) in [5, 5.41) is 0. The van der Waals surface area contributed by atoms with E-state index < -0.39 is 12.3 Å². The van der Waals surface area contributed by atoms with Crippen LogP contribution in [0, 0.1) is 5.41 Å². The Morgan fingerprint density at radius 2 is 2.14 bits per heavy atom. The van der Waals surface area contributed by atoms with Crippen molar-refractivity contribution in [1.82, 2.24) is 9.38 Å². The van der Waals surface area contributed by atoms with Crippen molar-refractivity contribution in [1.29, 1.82) is 0 Å². The van der Waals surface area contributed by atoms with Gasteiger partial charge in [-0.25, -0.2) is 9.78 Å². The van der Waals surface area contributed by atoms with Crippen molar-refractivity contribution >= 4 is 17.3 Å². The fourth-order valence-corrected chi connectivity index (χ4v) is 2.47. The molecule has 22 heavy (non-hydrogen) atoms. The van der Waals surface area contributed by atoms with Gasteiger partial charge in [0.2, 0.25) is 0 Å². The predicted octanol–water partition coefficient (Wildman–Crippen LogP) is 1.77. The Labute approximate surface area is 128 Å². The number of ether oxygens (including phenoxy) is 3. The number of nitrogens with two attached hydrogens (primary N) is 1. The zero-order valence-electron chi connectivity index (χ0n) is 12.8. The van der Waals surface area contributed by atoms with Gasteiger partial charge in [-0.3, -0.25) is 4.40 Å². The summed E-state index contributed by atoms with van der Waals surface area (Å²) in [6, 6.07) is 1.65. The fraction of sp³-hybridized carbons (Fsp3) is 0.467. The minimum Gasteiger partial charge on any atom is -0.465 e. The number of hydrogen-bond acceptors (Lipinski definition) is 6. The van der Waals surface area contributed by atoms with Crippen LogP contribution in [0.15, 0.2) is 18.6 Å². The van der Waals surface area contributed by atoms with Gasteiger partial charge in [0.05, 0.1) is 32.0 Å². The summed E-state index contributed by atoms with van der Waals surface area (Å²) >= 11 is 0.